The molecule has 26 heavy (non-hydrogen) atoms. The van der Waals surface area contributed by atoms with Gasteiger partial charge < -0.3 is 56.0 Å². The van der Waals surface area contributed by atoms with Gasteiger partial charge in [0, 0.05) is 13.3 Å². The molecule has 2 amide bonds. The Labute approximate surface area is 147 Å². The molecule has 1 rings (SSSR count). The third-order valence-corrected chi connectivity index (χ3v) is 3.26. The number of phosphoric acid groups is 1. The number of carbonyl (C=O) groups is 2. The van der Waals surface area contributed by atoms with Crippen molar-refractivity contribution < 1.29 is 59.1 Å². The van der Waals surface area contributed by atoms with Crippen molar-refractivity contribution in [1.29, 1.82) is 0 Å². The Morgan fingerprint density at radius 3 is 2.15 bits per heavy atom. The second-order valence-electron chi connectivity index (χ2n) is 5.48. The number of ether oxygens (including phenoxy) is 1. The quantitative estimate of drug-likeness (QED) is 0.192. The molecule has 1 aliphatic heterocycles. The highest BCUT2D eigenvalue weighted by molar-refractivity contribution is 7.45. The Hall–Kier alpha value is -1.19. The molecule has 15 heteroatoms. The van der Waals surface area contributed by atoms with E-state index in [9.17, 15) is 30.0 Å². The number of carbonyl (C=O) groups excluding carboxylic acids is 2. The number of rotatable bonds is 5. The average Bonchev–Trinajstić information content (AvgIpc) is 2.46. The van der Waals surface area contributed by atoms with Crippen molar-refractivity contribution in [2.24, 2.45) is 5.73 Å². The summed E-state index contributed by atoms with van der Waals surface area (Å²) >= 11 is 0. The lowest BCUT2D eigenvalue weighted by atomic mass is 9.88. The first-order chi connectivity index (χ1) is 11.6. The Bertz CT molecular complexity index is 533. The molecule has 1 aliphatic rings. The lowest BCUT2D eigenvalue weighted by Crippen LogP contribution is -2.68. The fraction of sp³-hybridized carbons (Fsp3) is 0.818. The Morgan fingerprint density at radius 2 is 1.81 bits per heavy atom. The van der Waals surface area contributed by atoms with Gasteiger partial charge in [-0.2, -0.15) is 0 Å². The van der Waals surface area contributed by atoms with Crippen molar-refractivity contribution >= 4 is 19.6 Å². The van der Waals surface area contributed by atoms with E-state index < -0.39 is 68.9 Å². The van der Waals surface area contributed by atoms with Crippen LogP contribution in [-0.4, -0.2) is 94.9 Å². The number of nitrogens with one attached hydrogen (secondary N) is 1. The molecule has 0 aliphatic carbocycles. The predicted molar refractivity (Wildman–Crippen MR) is 80.6 cm³/mol. The second kappa shape index (κ2) is 9.66. The fourth-order valence-electron chi connectivity index (χ4n) is 2.16. The van der Waals surface area contributed by atoms with Crippen LogP contribution in [0.2, 0.25) is 0 Å². The van der Waals surface area contributed by atoms with Crippen molar-refractivity contribution in [2.75, 3.05) is 6.61 Å². The SMILES string of the molecule is CC(=O)N[C@H]1[C@H]([C@H](O)[C@H](O)CO)O[C@](O)(C(N)=O)C[C@@H]1O.O=P(O)(O)O. The first kappa shape index (κ1) is 24.8. The molecule has 1 saturated heterocycles. The van der Waals surface area contributed by atoms with Gasteiger partial charge in [-0.3, -0.25) is 9.59 Å². The van der Waals surface area contributed by atoms with Gasteiger partial charge in [-0.15, -0.1) is 0 Å². The molecule has 0 aromatic rings. The third-order valence-electron chi connectivity index (χ3n) is 3.26. The highest BCUT2D eigenvalue weighted by Gasteiger charge is 2.52. The standard InChI is InChI=1S/C11H20N2O8.H3O4P/c1-4(15)13-7-5(16)2-11(20,10(12)19)21-9(7)8(18)6(17)3-14;1-5(2,3)4/h5-9,14,16-18,20H,2-3H2,1H3,(H2,12,19)(H,13,15);(H3,1,2,3,4)/t5-,6+,7+,8+,9+,11-;/m0./s1. The van der Waals surface area contributed by atoms with E-state index in [1.807, 2.05) is 0 Å². The molecule has 0 aromatic heterocycles. The largest absolute Gasteiger partial charge is 0.466 e. The topological polar surface area (TPSA) is 260 Å². The summed E-state index contributed by atoms with van der Waals surface area (Å²) in [5.41, 5.74) is 4.98. The van der Waals surface area contributed by atoms with E-state index in [2.05, 4.69) is 5.32 Å². The maximum atomic E-state index is 11.2. The van der Waals surface area contributed by atoms with Crippen LogP contribution in [0.3, 0.4) is 0 Å². The van der Waals surface area contributed by atoms with Crippen molar-refractivity contribution in [3.8, 4) is 0 Å². The van der Waals surface area contributed by atoms with E-state index in [1.54, 1.807) is 0 Å². The number of hydrogen-bond donors (Lipinski definition) is 10. The van der Waals surface area contributed by atoms with Gasteiger partial charge in [0.05, 0.1) is 18.8 Å². The number of aliphatic hydroxyl groups excluding tert-OH is 4. The van der Waals surface area contributed by atoms with Crippen LogP contribution in [0.4, 0.5) is 0 Å². The summed E-state index contributed by atoms with van der Waals surface area (Å²) in [4.78, 5) is 43.9. The van der Waals surface area contributed by atoms with Gasteiger partial charge >= 0.3 is 7.82 Å². The molecule has 0 saturated carbocycles. The van der Waals surface area contributed by atoms with E-state index in [0.717, 1.165) is 6.92 Å². The van der Waals surface area contributed by atoms with Crippen LogP contribution in [-0.2, 0) is 18.9 Å². The monoisotopic (exact) mass is 406 g/mol. The molecule has 0 spiro atoms. The lowest BCUT2D eigenvalue weighted by molar-refractivity contribution is -0.285. The molecule has 1 fully saturated rings. The van der Waals surface area contributed by atoms with Crippen molar-refractivity contribution in [1.82, 2.24) is 5.32 Å². The van der Waals surface area contributed by atoms with E-state index in [-0.39, 0.29) is 0 Å². The molecule has 6 atom stereocenters. The first-order valence-corrected chi connectivity index (χ1v) is 8.59. The molecule has 14 nitrogen and oxygen atoms in total. The van der Waals surface area contributed by atoms with Gasteiger partial charge in [0.25, 0.3) is 5.91 Å². The average molecular weight is 406 g/mol. The molecule has 0 aromatic carbocycles. The number of primary amides is 1. The Balaban J connectivity index is 0.00000110. The maximum absolute atomic E-state index is 11.2. The zero-order chi connectivity index (χ0) is 20.9. The van der Waals surface area contributed by atoms with Crippen LogP contribution >= 0.6 is 7.82 Å². The van der Waals surface area contributed by atoms with Gasteiger partial charge in [-0.05, 0) is 0 Å². The minimum atomic E-state index is -4.64. The van der Waals surface area contributed by atoms with Crippen molar-refractivity contribution in [3.63, 3.8) is 0 Å². The summed E-state index contributed by atoms with van der Waals surface area (Å²) < 4.78 is 13.9. The van der Waals surface area contributed by atoms with Gasteiger partial charge in [-0.1, -0.05) is 0 Å². The Morgan fingerprint density at radius 1 is 1.35 bits per heavy atom. The van der Waals surface area contributed by atoms with Gasteiger partial charge in [0.2, 0.25) is 11.7 Å². The molecule has 11 N–H and O–H groups in total. The highest BCUT2D eigenvalue weighted by Crippen LogP contribution is 2.30. The van der Waals surface area contributed by atoms with Crippen molar-refractivity contribution in [2.45, 2.75) is 49.6 Å². The third kappa shape index (κ3) is 8.01. The summed E-state index contributed by atoms with van der Waals surface area (Å²) in [5.74, 6) is -4.42. The van der Waals surface area contributed by atoms with E-state index in [0.29, 0.717) is 0 Å². The molecule has 154 valence electrons. The Kier molecular flexibility index (Phi) is 9.22. The summed E-state index contributed by atoms with van der Waals surface area (Å²) in [6, 6.07) is -1.21. The number of nitrogens with two attached hydrogens (primary N) is 1. The summed E-state index contributed by atoms with van der Waals surface area (Å²) in [5, 5.41) is 50.4. The molecule has 0 unspecified atom stereocenters. The van der Waals surface area contributed by atoms with Crippen LogP contribution in [0, 0.1) is 0 Å². The van der Waals surface area contributed by atoms with Gasteiger partial charge in [-0.25, -0.2) is 4.57 Å². The first-order valence-electron chi connectivity index (χ1n) is 7.03. The smallest absolute Gasteiger partial charge is 0.394 e. The highest BCUT2D eigenvalue weighted by atomic mass is 31.2. The molecule has 0 bridgehead atoms. The normalized spacial score (nSPS) is 31.2. The van der Waals surface area contributed by atoms with Crippen molar-refractivity contribution in [3.05, 3.63) is 0 Å². The molecular formula is C11H23N2O12P. The van der Waals surface area contributed by atoms with Gasteiger partial charge in [0.1, 0.15) is 18.3 Å². The van der Waals surface area contributed by atoms with Crippen LogP contribution in [0.25, 0.3) is 0 Å². The second-order valence-corrected chi connectivity index (χ2v) is 6.51. The van der Waals surface area contributed by atoms with Crippen LogP contribution in [0.15, 0.2) is 0 Å². The van der Waals surface area contributed by atoms with Gasteiger partial charge in [0.15, 0.2) is 0 Å². The molecule has 1 heterocycles. The molecular weight excluding hydrogens is 383 g/mol. The minimum Gasteiger partial charge on any atom is -0.394 e. The summed E-state index contributed by atoms with van der Waals surface area (Å²) in [6.07, 6.45) is -7.10. The predicted octanol–water partition coefficient (Wildman–Crippen LogP) is -5.40. The fourth-order valence-corrected chi connectivity index (χ4v) is 2.16. The zero-order valence-electron chi connectivity index (χ0n) is 13.5. The van der Waals surface area contributed by atoms with E-state index in [4.69, 9.17) is 34.8 Å². The van der Waals surface area contributed by atoms with E-state index in [1.165, 1.54) is 0 Å². The van der Waals surface area contributed by atoms with E-state index >= 15 is 0 Å². The zero-order valence-corrected chi connectivity index (χ0v) is 14.4. The summed E-state index contributed by atoms with van der Waals surface area (Å²) in [6.45, 7) is 0.312. The summed E-state index contributed by atoms with van der Waals surface area (Å²) in [7, 11) is -4.64. The lowest BCUT2D eigenvalue weighted by Gasteiger charge is -2.45. The molecule has 0 radical (unpaired) electrons. The van der Waals surface area contributed by atoms with Crippen LogP contribution < -0.4 is 11.1 Å². The van der Waals surface area contributed by atoms with Crippen LogP contribution in [0.1, 0.15) is 13.3 Å². The number of aliphatic hydroxyl groups is 5. The number of hydrogen-bond acceptors (Lipinski definition) is 9. The maximum Gasteiger partial charge on any atom is 0.466 e. The minimum absolute atomic E-state index is 0.567. The van der Waals surface area contributed by atoms with Crippen LogP contribution in [0.5, 0.6) is 0 Å². The number of amides is 2.